The van der Waals surface area contributed by atoms with E-state index < -0.39 is 12.2 Å². The van der Waals surface area contributed by atoms with Crippen molar-refractivity contribution in [3.05, 3.63) is 29.8 Å². The van der Waals surface area contributed by atoms with Gasteiger partial charge >= 0.3 is 12.2 Å². The van der Waals surface area contributed by atoms with Gasteiger partial charge in [0, 0.05) is 13.1 Å². The maximum atomic E-state index is 12.1. The van der Waals surface area contributed by atoms with E-state index in [2.05, 4.69) is 82.9 Å². The molecule has 200 valence electrons. The molecule has 0 saturated carbocycles. The highest BCUT2D eigenvalue weighted by Crippen LogP contribution is 2.36. The molecule has 7 nitrogen and oxygen atoms in total. The SMILES string of the molecule is COC(=O)NCC(C)CCC(C)(C)CNC(=O)OCCOc1ccc(C(C)(C)CC(C)(C)C)cc1. The van der Waals surface area contributed by atoms with E-state index in [1.54, 1.807) is 0 Å². The second-order valence-corrected chi connectivity index (χ2v) is 12.2. The van der Waals surface area contributed by atoms with Crippen LogP contribution in [0, 0.1) is 16.7 Å². The van der Waals surface area contributed by atoms with Gasteiger partial charge in [0.25, 0.3) is 0 Å². The first kappa shape index (κ1) is 30.6. The minimum Gasteiger partial charge on any atom is -0.490 e. The maximum absolute atomic E-state index is 12.1. The molecule has 1 unspecified atom stereocenters. The number of ether oxygens (including phenoxy) is 3. The molecule has 1 rings (SSSR count). The molecule has 7 heteroatoms. The third kappa shape index (κ3) is 13.3. The Morgan fingerprint density at radius 2 is 1.54 bits per heavy atom. The Morgan fingerprint density at radius 3 is 2.11 bits per heavy atom. The highest BCUT2D eigenvalue weighted by Gasteiger charge is 2.27. The van der Waals surface area contributed by atoms with Gasteiger partial charge in [0.1, 0.15) is 19.0 Å². The van der Waals surface area contributed by atoms with Gasteiger partial charge in [-0.2, -0.15) is 0 Å². The number of alkyl carbamates (subject to hydrolysis) is 2. The fraction of sp³-hybridized carbons (Fsp3) is 0.714. The number of methoxy groups -OCH3 is 1. The average molecular weight is 493 g/mol. The molecule has 0 heterocycles. The van der Waals surface area contributed by atoms with E-state index in [1.165, 1.54) is 12.7 Å². The Bertz CT molecular complexity index is 782. The second-order valence-electron chi connectivity index (χ2n) is 12.2. The first-order valence-electron chi connectivity index (χ1n) is 12.6. The molecule has 0 saturated heterocycles. The van der Waals surface area contributed by atoms with Crippen molar-refractivity contribution >= 4 is 12.2 Å². The zero-order valence-corrected chi connectivity index (χ0v) is 23.4. The number of nitrogens with one attached hydrogen (secondary N) is 2. The summed E-state index contributed by atoms with van der Waals surface area (Å²) >= 11 is 0. The van der Waals surface area contributed by atoms with Crippen LogP contribution >= 0.6 is 0 Å². The van der Waals surface area contributed by atoms with E-state index in [-0.39, 0.29) is 22.9 Å². The molecule has 0 aromatic heterocycles. The van der Waals surface area contributed by atoms with Gasteiger partial charge in [0.2, 0.25) is 0 Å². The van der Waals surface area contributed by atoms with Gasteiger partial charge < -0.3 is 24.8 Å². The van der Waals surface area contributed by atoms with Crippen LogP contribution in [0.1, 0.15) is 80.2 Å². The summed E-state index contributed by atoms with van der Waals surface area (Å²) in [4.78, 5) is 23.2. The quantitative estimate of drug-likeness (QED) is 0.315. The van der Waals surface area contributed by atoms with Crippen LogP contribution in [0.25, 0.3) is 0 Å². The predicted octanol–water partition coefficient (Wildman–Crippen LogP) is 6.30. The number of hydrogen-bond donors (Lipinski definition) is 2. The van der Waals surface area contributed by atoms with Crippen LogP contribution in [0.5, 0.6) is 5.75 Å². The van der Waals surface area contributed by atoms with Gasteiger partial charge in [-0.3, -0.25) is 0 Å². The van der Waals surface area contributed by atoms with Gasteiger partial charge in [-0.15, -0.1) is 0 Å². The third-order valence-electron chi connectivity index (χ3n) is 6.00. The van der Waals surface area contributed by atoms with Crippen molar-refractivity contribution in [3.8, 4) is 5.75 Å². The molecule has 0 aliphatic heterocycles. The number of rotatable bonds is 13. The van der Waals surface area contributed by atoms with Crippen molar-refractivity contribution in [2.45, 2.75) is 80.1 Å². The highest BCUT2D eigenvalue weighted by molar-refractivity contribution is 5.67. The van der Waals surface area contributed by atoms with Gasteiger partial charge in [-0.1, -0.05) is 67.5 Å². The fourth-order valence-corrected chi connectivity index (χ4v) is 4.24. The van der Waals surface area contributed by atoms with Crippen LogP contribution in [0.4, 0.5) is 9.59 Å². The lowest BCUT2D eigenvalue weighted by atomic mass is 9.72. The molecule has 1 aromatic rings. The zero-order valence-electron chi connectivity index (χ0n) is 23.4. The molecule has 0 spiro atoms. The Kier molecular flexibility index (Phi) is 11.9. The summed E-state index contributed by atoms with van der Waals surface area (Å²) < 4.78 is 15.6. The van der Waals surface area contributed by atoms with Crippen LogP contribution < -0.4 is 15.4 Å². The van der Waals surface area contributed by atoms with E-state index in [0.717, 1.165) is 25.0 Å². The minimum absolute atomic E-state index is 0.0858. The first-order valence-corrected chi connectivity index (χ1v) is 12.6. The van der Waals surface area contributed by atoms with Crippen LogP contribution in [0.3, 0.4) is 0 Å². The Labute approximate surface area is 212 Å². The van der Waals surface area contributed by atoms with E-state index in [1.807, 2.05) is 12.1 Å². The number of carbonyl (C=O) groups excluding carboxylic acids is 2. The fourth-order valence-electron chi connectivity index (χ4n) is 4.24. The van der Waals surface area contributed by atoms with Crippen molar-refractivity contribution in [3.63, 3.8) is 0 Å². The lowest BCUT2D eigenvalue weighted by molar-refractivity contribution is 0.120. The number of hydrogen-bond acceptors (Lipinski definition) is 5. The van der Waals surface area contributed by atoms with Crippen molar-refractivity contribution in [1.29, 1.82) is 0 Å². The van der Waals surface area contributed by atoms with E-state index in [9.17, 15) is 9.59 Å². The van der Waals surface area contributed by atoms with Gasteiger partial charge in [-0.25, -0.2) is 9.59 Å². The normalized spacial score (nSPS) is 13.1. The number of benzene rings is 1. The Morgan fingerprint density at radius 1 is 0.914 bits per heavy atom. The summed E-state index contributed by atoms with van der Waals surface area (Å²) in [5.41, 5.74) is 1.54. The molecule has 2 amide bonds. The topological polar surface area (TPSA) is 85.9 Å². The smallest absolute Gasteiger partial charge is 0.407 e. The molecule has 0 fully saturated rings. The summed E-state index contributed by atoms with van der Waals surface area (Å²) in [6, 6.07) is 8.18. The summed E-state index contributed by atoms with van der Waals surface area (Å²) in [6.07, 6.45) is 2.06. The summed E-state index contributed by atoms with van der Waals surface area (Å²) in [6.45, 7) is 19.2. The monoisotopic (exact) mass is 492 g/mol. The molecular formula is C28H48N2O5. The van der Waals surface area contributed by atoms with Crippen LogP contribution in [0.2, 0.25) is 0 Å². The lowest BCUT2D eigenvalue weighted by Crippen LogP contribution is -2.35. The van der Waals surface area contributed by atoms with Gasteiger partial charge in [0.05, 0.1) is 7.11 Å². The van der Waals surface area contributed by atoms with Crippen molar-refractivity contribution in [2.75, 3.05) is 33.4 Å². The minimum atomic E-state index is -0.443. The Hall–Kier alpha value is -2.44. The van der Waals surface area contributed by atoms with Crippen LogP contribution in [-0.4, -0.2) is 45.6 Å². The number of carbonyl (C=O) groups is 2. The van der Waals surface area contributed by atoms with Gasteiger partial charge in [-0.05, 0) is 59.1 Å². The van der Waals surface area contributed by atoms with E-state index in [4.69, 9.17) is 9.47 Å². The molecule has 0 aliphatic carbocycles. The molecule has 0 bridgehead atoms. The summed E-state index contributed by atoms with van der Waals surface area (Å²) in [5, 5.41) is 5.55. The van der Waals surface area contributed by atoms with Crippen LogP contribution in [-0.2, 0) is 14.9 Å². The molecule has 0 radical (unpaired) electrons. The van der Waals surface area contributed by atoms with Crippen molar-refractivity contribution in [2.24, 2.45) is 16.7 Å². The van der Waals surface area contributed by atoms with Crippen molar-refractivity contribution < 1.29 is 23.8 Å². The third-order valence-corrected chi connectivity index (χ3v) is 6.00. The lowest BCUT2D eigenvalue weighted by Gasteiger charge is -2.33. The summed E-state index contributed by atoms with van der Waals surface area (Å²) in [5.74, 6) is 1.08. The standard InChI is InChI=1S/C28H48N2O5/c1-21(18-29-24(31)33-9)14-15-27(5,6)20-30-25(32)35-17-16-34-23-12-10-22(11-13-23)28(7,8)19-26(2,3)4/h10-13,21H,14-20H2,1-9H3,(H,29,31)(H,30,32). The predicted molar refractivity (Wildman–Crippen MR) is 141 cm³/mol. The first-order chi connectivity index (χ1) is 16.1. The highest BCUT2D eigenvalue weighted by atomic mass is 16.6. The maximum Gasteiger partial charge on any atom is 0.407 e. The largest absolute Gasteiger partial charge is 0.490 e. The molecule has 0 aliphatic rings. The average Bonchev–Trinajstić information content (AvgIpc) is 2.76. The Balaban J connectivity index is 2.30. The zero-order chi connectivity index (χ0) is 26.7. The summed E-state index contributed by atoms with van der Waals surface area (Å²) in [7, 11) is 1.35. The molecule has 2 N–H and O–H groups in total. The van der Waals surface area contributed by atoms with Crippen LogP contribution in [0.15, 0.2) is 24.3 Å². The van der Waals surface area contributed by atoms with E-state index in [0.29, 0.717) is 25.6 Å². The van der Waals surface area contributed by atoms with Crippen molar-refractivity contribution in [1.82, 2.24) is 10.6 Å². The molecular weight excluding hydrogens is 444 g/mol. The number of amides is 2. The second kappa shape index (κ2) is 13.6. The van der Waals surface area contributed by atoms with Gasteiger partial charge in [0.15, 0.2) is 0 Å². The molecule has 1 aromatic carbocycles. The molecule has 35 heavy (non-hydrogen) atoms. The van der Waals surface area contributed by atoms with E-state index >= 15 is 0 Å². The molecule has 1 atom stereocenters.